The number of fused-ring (bicyclic) bond motifs is 1. The summed E-state index contributed by atoms with van der Waals surface area (Å²) in [7, 11) is 4.06. The Bertz CT molecular complexity index is 1700. The molecule has 1 aliphatic rings. The molecule has 0 spiro atoms. The number of likely N-dealkylation sites (N-methyl/N-ethyl adjacent to an activating group) is 1. The highest BCUT2D eigenvalue weighted by Crippen LogP contribution is 2.45. The van der Waals surface area contributed by atoms with Gasteiger partial charge in [0.05, 0.1) is 27.5 Å². The van der Waals surface area contributed by atoms with E-state index in [1.807, 2.05) is 65.1 Å². The maximum Gasteiger partial charge on any atom is 0.337 e. The molecule has 0 aliphatic carbocycles. The number of aliphatic carboxylic acids is 1. The summed E-state index contributed by atoms with van der Waals surface area (Å²) in [5.74, 6) is -1.03. The Labute approximate surface area is 268 Å². The number of aromatic nitrogens is 1. The first-order chi connectivity index (χ1) is 20.8. The molecule has 10 heteroatoms. The fraction of sp³-hybridized carbons (Fsp3) is 0.382. The molecule has 2 heterocycles. The zero-order valence-corrected chi connectivity index (χ0v) is 28.0. The molecule has 0 radical (unpaired) electrons. The monoisotopic (exact) mass is 633 g/mol. The number of rotatable bonds is 8. The van der Waals surface area contributed by atoms with Crippen molar-refractivity contribution in [1.82, 2.24) is 9.88 Å². The van der Waals surface area contributed by atoms with Gasteiger partial charge in [0.25, 0.3) is 0 Å². The van der Waals surface area contributed by atoms with Gasteiger partial charge in [-0.05, 0) is 88.2 Å². The number of hydrogen-bond acceptors (Lipinski definition) is 8. The van der Waals surface area contributed by atoms with E-state index >= 15 is 0 Å². The van der Waals surface area contributed by atoms with Gasteiger partial charge in [-0.1, -0.05) is 47.2 Å². The van der Waals surface area contributed by atoms with Gasteiger partial charge in [0.1, 0.15) is 0 Å². The molecule has 4 aromatic rings. The number of carboxylic acid groups (broad SMARTS) is 1. The quantitative estimate of drug-likeness (QED) is 0.157. The van der Waals surface area contributed by atoms with Crippen LogP contribution >= 0.6 is 22.9 Å². The lowest BCUT2D eigenvalue weighted by molar-refractivity contribution is -0.160. The summed E-state index contributed by atoms with van der Waals surface area (Å²) in [5, 5.41) is 17.7. The van der Waals surface area contributed by atoms with Gasteiger partial charge in [-0.25, -0.2) is 9.78 Å². The number of carbonyl (C=O) groups is 1. The lowest BCUT2D eigenvalue weighted by Gasteiger charge is -2.39. The van der Waals surface area contributed by atoms with Gasteiger partial charge < -0.3 is 14.7 Å². The molecule has 0 unspecified atom stereocenters. The summed E-state index contributed by atoms with van der Waals surface area (Å²) >= 11 is 7.86. The molecule has 5 rings (SSSR count). The van der Waals surface area contributed by atoms with Crippen molar-refractivity contribution in [3.8, 4) is 11.1 Å². The minimum absolute atomic E-state index is 0.176. The Morgan fingerprint density at radius 3 is 2.48 bits per heavy atom. The second kappa shape index (κ2) is 12.5. The maximum absolute atomic E-state index is 12.7. The van der Waals surface area contributed by atoms with E-state index in [1.165, 1.54) is 5.56 Å². The fourth-order valence-corrected chi connectivity index (χ4v) is 7.18. The first-order valence-electron chi connectivity index (χ1n) is 14.6. The third kappa shape index (κ3) is 6.47. The van der Waals surface area contributed by atoms with Crippen LogP contribution in [-0.2, 0) is 9.53 Å². The van der Waals surface area contributed by atoms with Crippen molar-refractivity contribution in [1.29, 1.82) is 0 Å². The van der Waals surface area contributed by atoms with Gasteiger partial charge in [0.15, 0.2) is 11.2 Å². The molecular formula is C34H40ClN5O3S. The number of hydrogen-bond donors (Lipinski definition) is 1. The summed E-state index contributed by atoms with van der Waals surface area (Å²) in [6.07, 6.45) is -1.15. The van der Waals surface area contributed by atoms with Crippen LogP contribution in [0.5, 0.6) is 0 Å². The van der Waals surface area contributed by atoms with Crippen LogP contribution in [0.1, 0.15) is 55.2 Å². The van der Waals surface area contributed by atoms with E-state index in [0.29, 0.717) is 10.6 Å². The molecule has 1 fully saturated rings. The summed E-state index contributed by atoms with van der Waals surface area (Å²) < 4.78 is 7.10. The Morgan fingerprint density at radius 1 is 1.16 bits per heavy atom. The molecule has 232 valence electrons. The van der Waals surface area contributed by atoms with E-state index in [9.17, 15) is 9.90 Å². The molecule has 1 N–H and O–H groups in total. The number of ether oxygens (including phenoxy) is 1. The lowest BCUT2D eigenvalue weighted by atomic mass is 9.91. The van der Waals surface area contributed by atoms with Crippen molar-refractivity contribution in [2.75, 3.05) is 43.6 Å². The second-order valence-corrected chi connectivity index (χ2v) is 13.8. The number of aryl methyl sites for hydroxylation is 2. The Kier molecular flexibility index (Phi) is 9.05. The van der Waals surface area contributed by atoms with Crippen LogP contribution in [0.15, 0.2) is 53.6 Å². The maximum atomic E-state index is 12.7. The average Bonchev–Trinajstić information content (AvgIpc) is 3.38. The molecule has 1 saturated heterocycles. The number of hydrazone groups is 1. The molecule has 44 heavy (non-hydrogen) atoms. The molecule has 8 nitrogen and oxygen atoms in total. The smallest absolute Gasteiger partial charge is 0.337 e. The van der Waals surface area contributed by atoms with Crippen LogP contribution in [0.3, 0.4) is 0 Å². The summed E-state index contributed by atoms with van der Waals surface area (Å²) in [4.78, 5) is 22.5. The van der Waals surface area contributed by atoms with Crippen molar-refractivity contribution in [2.24, 2.45) is 5.10 Å². The average molecular weight is 634 g/mol. The minimum Gasteiger partial charge on any atom is -0.479 e. The molecule has 3 aromatic carbocycles. The van der Waals surface area contributed by atoms with Gasteiger partial charge in [-0.3, -0.25) is 9.91 Å². The van der Waals surface area contributed by atoms with E-state index < -0.39 is 17.7 Å². The number of thiazole rings is 1. The van der Waals surface area contributed by atoms with Crippen LogP contribution in [0.25, 0.3) is 21.3 Å². The number of benzene rings is 3. The number of anilines is 2. The largest absolute Gasteiger partial charge is 0.479 e. The molecule has 0 bridgehead atoms. The third-order valence-corrected chi connectivity index (χ3v) is 9.49. The van der Waals surface area contributed by atoms with Crippen LogP contribution in [0.4, 0.5) is 10.8 Å². The van der Waals surface area contributed by atoms with Crippen LogP contribution < -0.4 is 9.91 Å². The van der Waals surface area contributed by atoms with E-state index in [1.54, 1.807) is 16.3 Å². The van der Waals surface area contributed by atoms with Crippen LogP contribution in [0.2, 0.25) is 5.02 Å². The zero-order chi connectivity index (χ0) is 31.9. The highest BCUT2D eigenvalue weighted by molar-refractivity contribution is 7.22. The van der Waals surface area contributed by atoms with Crippen molar-refractivity contribution in [2.45, 2.75) is 52.4 Å². The van der Waals surface area contributed by atoms with Gasteiger partial charge >= 0.3 is 5.97 Å². The van der Waals surface area contributed by atoms with Gasteiger partial charge in [-0.2, -0.15) is 5.10 Å². The molecule has 1 aliphatic heterocycles. The number of carboxylic acids is 1. The molecule has 2 atom stereocenters. The van der Waals surface area contributed by atoms with E-state index in [-0.39, 0.29) is 6.04 Å². The van der Waals surface area contributed by atoms with Gasteiger partial charge in [-0.15, -0.1) is 0 Å². The summed E-state index contributed by atoms with van der Waals surface area (Å²) in [6.45, 7) is 15.8. The first-order valence-corrected chi connectivity index (χ1v) is 15.8. The Morgan fingerprint density at radius 2 is 1.86 bits per heavy atom. The lowest BCUT2D eigenvalue weighted by Crippen LogP contribution is -2.46. The third-order valence-electron chi connectivity index (χ3n) is 8.09. The Hall–Kier alpha value is -3.50. The minimum atomic E-state index is -1.15. The predicted octanol–water partition coefficient (Wildman–Crippen LogP) is 7.72. The highest BCUT2D eigenvalue weighted by atomic mass is 35.5. The summed E-state index contributed by atoms with van der Waals surface area (Å²) in [6, 6.07) is 16.2. The standard InChI is InChI=1S/C34H40ClN5O3S/c1-20-17-23(11-14-26(20)39(8)36-6)27-19-40(16-15-38(27)7)33-37-25-18-21(2)28(30(32(41)42)43-34(3,4)5)29(31(25)44-33)22-9-12-24(35)13-10-22/h9-14,17-18,27,30H,6,15-16,19H2,1-5,7-8H3,(H,41,42)/t27-,30+/m1/s1. The zero-order valence-electron chi connectivity index (χ0n) is 26.4. The van der Waals surface area contributed by atoms with Crippen LogP contribution in [0, 0.1) is 13.8 Å². The van der Waals surface area contributed by atoms with E-state index in [2.05, 4.69) is 53.8 Å². The van der Waals surface area contributed by atoms with E-state index in [0.717, 1.165) is 62.9 Å². The second-order valence-electron chi connectivity index (χ2n) is 12.4. The summed E-state index contributed by atoms with van der Waals surface area (Å²) in [5.41, 5.74) is 6.75. The number of nitrogens with zero attached hydrogens (tertiary/aromatic N) is 5. The highest BCUT2D eigenvalue weighted by Gasteiger charge is 2.33. The van der Waals surface area contributed by atoms with Crippen molar-refractivity contribution < 1.29 is 14.6 Å². The van der Waals surface area contributed by atoms with Crippen LogP contribution in [-0.4, -0.2) is 67.0 Å². The molecule has 1 aromatic heterocycles. The topological polar surface area (TPSA) is 81.5 Å². The number of halogens is 1. The fourth-order valence-electron chi connectivity index (χ4n) is 5.89. The van der Waals surface area contributed by atoms with Crippen molar-refractivity contribution in [3.05, 3.63) is 75.8 Å². The number of piperazine rings is 1. The van der Waals surface area contributed by atoms with Crippen molar-refractivity contribution >= 4 is 56.7 Å². The SMILES string of the molecule is C=NN(C)c1ccc([C@H]2CN(c3nc4cc(C)c([C@H](OC(C)(C)C)C(=O)O)c(-c5ccc(Cl)cc5)c4s3)CCN2C)cc1C. The van der Waals surface area contributed by atoms with Gasteiger partial charge in [0.2, 0.25) is 0 Å². The first kappa shape index (κ1) is 31.9. The van der Waals surface area contributed by atoms with Crippen molar-refractivity contribution in [3.63, 3.8) is 0 Å². The Balaban J connectivity index is 1.60. The van der Waals surface area contributed by atoms with Gasteiger partial charge in [0, 0.05) is 49.5 Å². The molecule has 0 saturated carbocycles. The normalized spacial score (nSPS) is 16.7. The predicted molar refractivity (Wildman–Crippen MR) is 183 cm³/mol. The molecule has 0 amide bonds. The molecular weight excluding hydrogens is 594 g/mol. The van der Waals surface area contributed by atoms with E-state index in [4.69, 9.17) is 21.3 Å².